The van der Waals surface area contributed by atoms with Gasteiger partial charge in [0.05, 0.1) is 27.6 Å². The van der Waals surface area contributed by atoms with Crippen molar-refractivity contribution in [1.29, 1.82) is 0 Å². The van der Waals surface area contributed by atoms with Gasteiger partial charge in [-0.2, -0.15) is 0 Å². The first-order valence-electron chi connectivity index (χ1n) is 6.87. The van der Waals surface area contributed by atoms with Gasteiger partial charge in [0, 0.05) is 6.20 Å². The van der Waals surface area contributed by atoms with Crippen LogP contribution in [0.25, 0.3) is 10.9 Å². The Bertz CT molecular complexity index is 737. The van der Waals surface area contributed by atoms with Crippen molar-refractivity contribution in [2.45, 2.75) is 12.8 Å². The standard InChI is InChI=1S/C17H15Cl2NO/c18-13-8-9-15(16-14(19)11-20-17(13)16)21-10-4-7-12-5-2-1-3-6-12/h1-3,5-6,8-9,11,20H,4,7,10H2. The molecule has 0 atom stereocenters. The normalized spacial score (nSPS) is 11.0. The van der Waals surface area contributed by atoms with Crippen molar-refractivity contribution >= 4 is 34.1 Å². The molecule has 2 nitrogen and oxygen atoms in total. The average molecular weight is 320 g/mol. The fourth-order valence-electron chi connectivity index (χ4n) is 2.37. The van der Waals surface area contributed by atoms with E-state index in [0.717, 1.165) is 29.5 Å². The third-order valence-corrected chi connectivity index (χ3v) is 4.02. The Labute approximate surface area is 133 Å². The molecule has 0 aliphatic rings. The van der Waals surface area contributed by atoms with Crippen LogP contribution in [0.2, 0.25) is 10.0 Å². The van der Waals surface area contributed by atoms with Crippen LogP contribution in [0, 0.1) is 0 Å². The van der Waals surface area contributed by atoms with Gasteiger partial charge in [-0.05, 0) is 30.5 Å². The lowest BCUT2D eigenvalue weighted by Crippen LogP contribution is -1.99. The molecular formula is C17H15Cl2NO. The maximum Gasteiger partial charge on any atom is 0.130 e. The number of aryl methyl sites for hydroxylation is 1. The molecule has 0 saturated heterocycles. The number of halogens is 2. The Morgan fingerprint density at radius 1 is 0.952 bits per heavy atom. The summed E-state index contributed by atoms with van der Waals surface area (Å²) < 4.78 is 5.87. The van der Waals surface area contributed by atoms with Gasteiger partial charge in [-0.15, -0.1) is 0 Å². The van der Waals surface area contributed by atoms with Gasteiger partial charge in [0.15, 0.2) is 0 Å². The van der Waals surface area contributed by atoms with Gasteiger partial charge >= 0.3 is 0 Å². The molecule has 0 spiro atoms. The van der Waals surface area contributed by atoms with Crippen LogP contribution in [0.5, 0.6) is 5.75 Å². The molecule has 21 heavy (non-hydrogen) atoms. The quantitative estimate of drug-likeness (QED) is 0.618. The van der Waals surface area contributed by atoms with Crippen molar-refractivity contribution in [1.82, 2.24) is 4.98 Å². The summed E-state index contributed by atoms with van der Waals surface area (Å²) in [7, 11) is 0. The third-order valence-electron chi connectivity index (χ3n) is 3.41. The van der Waals surface area contributed by atoms with Crippen LogP contribution in [0.4, 0.5) is 0 Å². The Morgan fingerprint density at radius 2 is 1.76 bits per heavy atom. The second-order valence-corrected chi connectivity index (χ2v) is 5.68. The first-order valence-corrected chi connectivity index (χ1v) is 7.63. The van der Waals surface area contributed by atoms with E-state index >= 15 is 0 Å². The predicted octanol–water partition coefficient (Wildman–Crippen LogP) is 5.49. The Morgan fingerprint density at radius 3 is 2.57 bits per heavy atom. The molecule has 1 N–H and O–H groups in total. The van der Waals surface area contributed by atoms with E-state index in [-0.39, 0.29) is 0 Å². The molecule has 2 aromatic carbocycles. The summed E-state index contributed by atoms with van der Waals surface area (Å²) in [5.41, 5.74) is 2.14. The molecule has 108 valence electrons. The van der Waals surface area contributed by atoms with Crippen molar-refractivity contribution < 1.29 is 4.74 Å². The van der Waals surface area contributed by atoms with Gasteiger partial charge in [0.2, 0.25) is 0 Å². The highest BCUT2D eigenvalue weighted by Gasteiger charge is 2.11. The van der Waals surface area contributed by atoms with Gasteiger partial charge < -0.3 is 9.72 Å². The minimum atomic E-state index is 0.630. The maximum atomic E-state index is 6.19. The van der Waals surface area contributed by atoms with Gasteiger partial charge in [-0.25, -0.2) is 0 Å². The molecule has 0 bridgehead atoms. The fraction of sp³-hybridized carbons (Fsp3) is 0.176. The van der Waals surface area contributed by atoms with Crippen LogP contribution < -0.4 is 4.74 Å². The summed E-state index contributed by atoms with van der Waals surface area (Å²) >= 11 is 12.3. The number of nitrogens with one attached hydrogen (secondary N) is 1. The third kappa shape index (κ3) is 3.17. The molecule has 1 aromatic heterocycles. The number of aromatic nitrogens is 1. The maximum absolute atomic E-state index is 6.19. The van der Waals surface area contributed by atoms with Crippen molar-refractivity contribution in [3.05, 3.63) is 64.3 Å². The monoisotopic (exact) mass is 319 g/mol. The average Bonchev–Trinajstić information content (AvgIpc) is 2.90. The summed E-state index contributed by atoms with van der Waals surface area (Å²) in [5.74, 6) is 0.772. The van der Waals surface area contributed by atoms with E-state index in [2.05, 4.69) is 29.2 Å². The summed E-state index contributed by atoms with van der Waals surface area (Å²) in [5, 5.41) is 2.13. The first kappa shape index (κ1) is 14.3. The van der Waals surface area contributed by atoms with Crippen LogP contribution >= 0.6 is 23.2 Å². The van der Waals surface area contributed by atoms with Crippen molar-refractivity contribution in [3.8, 4) is 5.75 Å². The molecule has 0 unspecified atom stereocenters. The number of hydrogen-bond donors (Lipinski definition) is 1. The van der Waals surface area contributed by atoms with Crippen molar-refractivity contribution in [2.24, 2.45) is 0 Å². The predicted molar refractivity (Wildman–Crippen MR) is 88.6 cm³/mol. The number of benzene rings is 2. The van der Waals surface area contributed by atoms with E-state index in [1.807, 2.05) is 18.2 Å². The first-order chi connectivity index (χ1) is 10.3. The summed E-state index contributed by atoms with van der Waals surface area (Å²) in [4.78, 5) is 3.07. The lowest BCUT2D eigenvalue weighted by molar-refractivity contribution is 0.314. The van der Waals surface area contributed by atoms with Crippen LogP contribution in [0.15, 0.2) is 48.7 Å². The number of ether oxygens (including phenoxy) is 1. The minimum Gasteiger partial charge on any atom is -0.493 e. The molecular weight excluding hydrogens is 305 g/mol. The Kier molecular flexibility index (Phi) is 4.37. The van der Waals surface area contributed by atoms with Crippen molar-refractivity contribution in [3.63, 3.8) is 0 Å². The minimum absolute atomic E-state index is 0.630. The second-order valence-electron chi connectivity index (χ2n) is 4.87. The second kappa shape index (κ2) is 6.42. The van der Waals surface area contributed by atoms with Gasteiger partial charge in [-0.1, -0.05) is 53.5 Å². The Hall–Kier alpha value is -1.64. The Balaban J connectivity index is 1.66. The molecule has 0 fully saturated rings. The van der Waals surface area contributed by atoms with E-state index in [0.29, 0.717) is 16.7 Å². The number of fused-ring (bicyclic) bond motifs is 1. The molecule has 0 aliphatic heterocycles. The van der Waals surface area contributed by atoms with Crippen LogP contribution in [0.1, 0.15) is 12.0 Å². The van der Waals surface area contributed by atoms with E-state index in [9.17, 15) is 0 Å². The van der Waals surface area contributed by atoms with Crippen LogP contribution in [-0.4, -0.2) is 11.6 Å². The van der Waals surface area contributed by atoms with Gasteiger partial charge in [0.25, 0.3) is 0 Å². The highest BCUT2D eigenvalue weighted by Crippen LogP contribution is 2.36. The summed E-state index contributed by atoms with van der Waals surface area (Å²) in [6, 6.07) is 14.1. The zero-order valence-corrected chi connectivity index (χ0v) is 12.9. The molecule has 0 amide bonds. The van der Waals surface area contributed by atoms with Crippen LogP contribution in [0.3, 0.4) is 0 Å². The van der Waals surface area contributed by atoms with E-state index in [1.54, 1.807) is 6.20 Å². The lowest BCUT2D eigenvalue weighted by atomic mass is 10.1. The van der Waals surface area contributed by atoms with Crippen molar-refractivity contribution in [2.75, 3.05) is 6.61 Å². The number of hydrogen-bond acceptors (Lipinski definition) is 1. The van der Waals surface area contributed by atoms with Gasteiger partial charge in [0.1, 0.15) is 5.75 Å². The number of aromatic amines is 1. The number of H-pyrrole nitrogens is 1. The number of rotatable bonds is 5. The molecule has 1 heterocycles. The smallest absolute Gasteiger partial charge is 0.130 e. The largest absolute Gasteiger partial charge is 0.493 e. The van der Waals surface area contributed by atoms with Gasteiger partial charge in [-0.3, -0.25) is 0 Å². The zero-order valence-electron chi connectivity index (χ0n) is 11.4. The molecule has 0 radical (unpaired) electrons. The topological polar surface area (TPSA) is 25.0 Å². The molecule has 3 rings (SSSR count). The molecule has 3 aromatic rings. The summed E-state index contributed by atoms with van der Waals surface area (Å²) in [6.45, 7) is 0.646. The van der Waals surface area contributed by atoms with E-state index in [1.165, 1.54) is 5.56 Å². The SMILES string of the molecule is Clc1ccc(OCCCc2ccccc2)c2c(Cl)c[nH]c12. The molecule has 0 saturated carbocycles. The zero-order chi connectivity index (χ0) is 14.7. The lowest BCUT2D eigenvalue weighted by Gasteiger charge is -2.08. The van der Waals surface area contributed by atoms with E-state index in [4.69, 9.17) is 27.9 Å². The fourth-order valence-corrected chi connectivity index (χ4v) is 2.82. The highest BCUT2D eigenvalue weighted by atomic mass is 35.5. The van der Waals surface area contributed by atoms with Crippen LogP contribution in [-0.2, 0) is 6.42 Å². The van der Waals surface area contributed by atoms with E-state index < -0.39 is 0 Å². The highest BCUT2D eigenvalue weighted by molar-refractivity contribution is 6.40. The molecule has 4 heteroatoms. The summed E-state index contributed by atoms with van der Waals surface area (Å²) in [6.07, 6.45) is 3.68. The molecule has 0 aliphatic carbocycles.